The first kappa shape index (κ1) is 25.5. The summed E-state index contributed by atoms with van der Waals surface area (Å²) in [6.45, 7) is 15.0. The molecule has 0 aliphatic carbocycles. The van der Waals surface area contributed by atoms with Gasteiger partial charge in [-0.1, -0.05) is 88.4 Å². The fourth-order valence-electron chi connectivity index (χ4n) is 4.22. The third-order valence-corrected chi connectivity index (χ3v) is 10.6. The SMILES string of the molecule is CCOC(C)O[C@@H](C(C)=O)[C@@H](C)CO[Si](c1ccccc1)(c1ccccc1)C(C)(C)C. The Morgan fingerprint density at radius 2 is 1.42 bits per heavy atom. The first-order valence-corrected chi connectivity index (χ1v) is 13.1. The summed E-state index contributed by atoms with van der Waals surface area (Å²) in [6.07, 6.45) is -1.01. The van der Waals surface area contributed by atoms with E-state index in [0.29, 0.717) is 13.2 Å². The molecule has 170 valence electrons. The topological polar surface area (TPSA) is 44.8 Å². The second-order valence-corrected chi connectivity index (χ2v) is 13.4. The summed E-state index contributed by atoms with van der Waals surface area (Å²) in [7, 11) is -2.65. The maximum atomic E-state index is 12.4. The van der Waals surface area contributed by atoms with Crippen molar-refractivity contribution in [2.24, 2.45) is 5.92 Å². The van der Waals surface area contributed by atoms with Gasteiger partial charge in [0.15, 0.2) is 12.1 Å². The van der Waals surface area contributed by atoms with Gasteiger partial charge >= 0.3 is 0 Å². The van der Waals surface area contributed by atoms with Crippen LogP contribution in [-0.2, 0) is 18.7 Å². The molecular formula is C26H38O4Si. The van der Waals surface area contributed by atoms with Crippen LogP contribution in [0.3, 0.4) is 0 Å². The minimum Gasteiger partial charge on any atom is -0.407 e. The van der Waals surface area contributed by atoms with E-state index >= 15 is 0 Å². The van der Waals surface area contributed by atoms with E-state index in [1.54, 1.807) is 6.92 Å². The van der Waals surface area contributed by atoms with Gasteiger partial charge in [-0.3, -0.25) is 4.79 Å². The smallest absolute Gasteiger partial charge is 0.261 e. The van der Waals surface area contributed by atoms with Gasteiger partial charge in [-0.25, -0.2) is 0 Å². The summed E-state index contributed by atoms with van der Waals surface area (Å²) < 4.78 is 18.4. The zero-order valence-corrected chi connectivity index (χ0v) is 21.1. The van der Waals surface area contributed by atoms with Crippen LogP contribution in [-0.4, -0.2) is 39.7 Å². The Bertz CT molecular complexity index is 762. The number of hydrogen-bond acceptors (Lipinski definition) is 4. The van der Waals surface area contributed by atoms with Crippen LogP contribution in [0, 0.1) is 5.92 Å². The van der Waals surface area contributed by atoms with E-state index in [4.69, 9.17) is 13.9 Å². The Kier molecular flexibility index (Phi) is 9.19. The monoisotopic (exact) mass is 442 g/mol. The molecule has 0 radical (unpaired) electrons. The molecule has 2 aromatic carbocycles. The first-order chi connectivity index (χ1) is 14.6. The lowest BCUT2D eigenvalue weighted by atomic mass is 10.0. The Morgan fingerprint density at radius 1 is 0.935 bits per heavy atom. The molecule has 0 saturated heterocycles. The number of hydrogen-bond donors (Lipinski definition) is 0. The Labute approximate surface area is 189 Å². The van der Waals surface area contributed by atoms with Crippen molar-refractivity contribution in [3.05, 3.63) is 60.7 Å². The summed E-state index contributed by atoms with van der Waals surface area (Å²) in [5.74, 6) is -0.118. The second kappa shape index (κ2) is 11.2. The molecule has 5 heteroatoms. The Balaban J connectivity index is 2.41. The van der Waals surface area contributed by atoms with Gasteiger partial charge in [0, 0.05) is 19.1 Å². The van der Waals surface area contributed by atoms with Crippen molar-refractivity contribution in [3.8, 4) is 0 Å². The number of carbonyl (C=O) groups is 1. The lowest BCUT2D eigenvalue weighted by molar-refractivity contribution is -0.178. The zero-order chi connectivity index (χ0) is 23.1. The molecule has 1 unspecified atom stereocenters. The standard InChI is InChI=1S/C26H38O4Si/c1-8-28-22(4)30-25(21(3)27)20(2)19-29-31(26(5,6)7,23-15-11-9-12-16-23)24-17-13-10-14-18-24/h9-18,20,22,25H,8,19H2,1-7H3/t20-,22?,25+/m0/s1. The van der Waals surface area contributed by atoms with Crippen LogP contribution >= 0.6 is 0 Å². The van der Waals surface area contributed by atoms with Crippen LogP contribution in [0.4, 0.5) is 0 Å². The lowest BCUT2D eigenvalue weighted by Crippen LogP contribution is -2.67. The molecule has 0 bridgehead atoms. The normalized spacial score (nSPS) is 15.3. The van der Waals surface area contributed by atoms with Crippen molar-refractivity contribution in [1.82, 2.24) is 0 Å². The highest BCUT2D eigenvalue weighted by Gasteiger charge is 2.50. The maximum absolute atomic E-state index is 12.4. The molecule has 3 atom stereocenters. The summed E-state index contributed by atoms with van der Waals surface area (Å²) in [5.41, 5.74) is 0. The van der Waals surface area contributed by atoms with Crippen molar-refractivity contribution in [1.29, 1.82) is 0 Å². The Hall–Kier alpha value is -1.79. The van der Waals surface area contributed by atoms with Crippen molar-refractivity contribution in [2.45, 2.75) is 65.9 Å². The highest BCUT2D eigenvalue weighted by molar-refractivity contribution is 6.99. The van der Waals surface area contributed by atoms with Crippen LogP contribution in [0.2, 0.25) is 5.04 Å². The molecule has 2 rings (SSSR count). The second-order valence-electron chi connectivity index (χ2n) is 9.14. The number of ether oxygens (including phenoxy) is 2. The van der Waals surface area contributed by atoms with Crippen molar-refractivity contribution < 1.29 is 18.7 Å². The lowest BCUT2D eigenvalue weighted by Gasteiger charge is -2.44. The van der Waals surface area contributed by atoms with Crippen LogP contribution in [0.15, 0.2) is 60.7 Å². The summed E-state index contributed by atoms with van der Waals surface area (Å²) >= 11 is 0. The predicted molar refractivity (Wildman–Crippen MR) is 129 cm³/mol. The molecule has 4 nitrogen and oxygen atoms in total. The molecular weight excluding hydrogens is 404 g/mol. The third-order valence-electron chi connectivity index (χ3n) is 5.64. The van der Waals surface area contributed by atoms with Gasteiger partial charge in [0.2, 0.25) is 0 Å². The van der Waals surface area contributed by atoms with Gasteiger partial charge in [0.25, 0.3) is 8.32 Å². The van der Waals surface area contributed by atoms with E-state index < -0.39 is 20.7 Å². The molecule has 0 saturated carbocycles. The van der Waals surface area contributed by atoms with Crippen LogP contribution in [0.5, 0.6) is 0 Å². The molecule has 0 amide bonds. The molecule has 0 N–H and O–H groups in total. The van der Waals surface area contributed by atoms with E-state index in [9.17, 15) is 4.79 Å². The fraction of sp³-hybridized carbons (Fsp3) is 0.500. The number of benzene rings is 2. The van der Waals surface area contributed by atoms with Crippen LogP contribution in [0.1, 0.15) is 48.5 Å². The highest BCUT2D eigenvalue weighted by Crippen LogP contribution is 2.37. The minimum absolute atomic E-state index is 0.00917. The Morgan fingerprint density at radius 3 is 1.81 bits per heavy atom. The number of carbonyl (C=O) groups excluding carboxylic acids is 1. The van der Waals surface area contributed by atoms with Crippen LogP contribution < -0.4 is 10.4 Å². The van der Waals surface area contributed by atoms with Gasteiger partial charge in [0.05, 0.1) is 0 Å². The highest BCUT2D eigenvalue weighted by atomic mass is 28.4. The number of Topliss-reactive ketones (excluding diaryl/α,β-unsaturated/α-hetero) is 1. The van der Waals surface area contributed by atoms with Crippen molar-refractivity contribution in [2.75, 3.05) is 13.2 Å². The van der Waals surface area contributed by atoms with Gasteiger partial charge in [-0.2, -0.15) is 0 Å². The third kappa shape index (κ3) is 6.13. The van der Waals surface area contributed by atoms with E-state index in [2.05, 4.69) is 69.3 Å². The van der Waals surface area contributed by atoms with Crippen LogP contribution in [0.25, 0.3) is 0 Å². The quantitative estimate of drug-likeness (QED) is 0.378. The van der Waals surface area contributed by atoms with E-state index in [-0.39, 0.29) is 16.7 Å². The van der Waals surface area contributed by atoms with E-state index in [0.717, 1.165) is 0 Å². The summed E-state index contributed by atoms with van der Waals surface area (Å²) in [4.78, 5) is 12.4. The van der Waals surface area contributed by atoms with E-state index in [1.807, 2.05) is 32.9 Å². The van der Waals surface area contributed by atoms with Gasteiger partial charge < -0.3 is 13.9 Å². The van der Waals surface area contributed by atoms with Crippen molar-refractivity contribution in [3.63, 3.8) is 0 Å². The molecule has 0 heterocycles. The molecule has 0 aromatic heterocycles. The number of ketones is 1. The van der Waals surface area contributed by atoms with Gasteiger partial charge in [-0.15, -0.1) is 0 Å². The molecule has 31 heavy (non-hydrogen) atoms. The van der Waals surface area contributed by atoms with Gasteiger partial charge in [0.1, 0.15) is 6.10 Å². The fourth-order valence-corrected chi connectivity index (χ4v) is 8.88. The van der Waals surface area contributed by atoms with Gasteiger partial charge in [-0.05, 0) is 36.2 Å². The molecule has 0 aliphatic heterocycles. The minimum atomic E-state index is -2.65. The first-order valence-electron chi connectivity index (χ1n) is 11.2. The molecule has 0 fully saturated rings. The average Bonchev–Trinajstić information content (AvgIpc) is 2.73. The summed E-state index contributed by atoms with van der Waals surface area (Å²) in [5, 5.41) is 2.34. The predicted octanol–water partition coefficient (Wildman–Crippen LogP) is 4.56. The molecule has 0 aliphatic rings. The maximum Gasteiger partial charge on any atom is 0.261 e. The zero-order valence-electron chi connectivity index (χ0n) is 20.1. The molecule has 0 spiro atoms. The number of rotatable bonds is 11. The molecule has 2 aromatic rings. The van der Waals surface area contributed by atoms with Crippen molar-refractivity contribution >= 4 is 24.5 Å². The summed E-state index contributed by atoms with van der Waals surface area (Å²) in [6, 6.07) is 21.1. The average molecular weight is 443 g/mol. The largest absolute Gasteiger partial charge is 0.407 e. The van der Waals surface area contributed by atoms with E-state index in [1.165, 1.54) is 10.4 Å².